The first kappa shape index (κ1) is 16.2. The molecular formula is C19H23N3O3. The summed E-state index contributed by atoms with van der Waals surface area (Å²) in [4.78, 5) is 25.8. The predicted molar refractivity (Wildman–Crippen MR) is 91.6 cm³/mol. The zero-order valence-electron chi connectivity index (χ0n) is 14.7. The molecule has 1 heterocycles. The number of rotatable bonds is 2. The second-order valence-corrected chi connectivity index (χ2v) is 8.31. The van der Waals surface area contributed by atoms with Crippen molar-refractivity contribution in [2.45, 2.75) is 45.4 Å². The minimum atomic E-state index is -0.491. The molecule has 132 valence electrons. The van der Waals surface area contributed by atoms with Gasteiger partial charge in [0.1, 0.15) is 11.6 Å². The van der Waals surface area contributed by atoms with E-state index >= 15 is 0 Å². The number of aryl methyl sites for hydroxylation is 1. The maximum Gasteiger partial charge on any atom is 0.272 e. The van der Waals surface area contributed by atoms with E-state index in [0.717, 1.165) is 23.9 Å². The Balaban J connectivity index is 1.73. The van der Waals surface area contributed by atoms with Gasteiger partial charge in [0.15, 0.2) is 0 Å². The Morgan fingerprint density at radius 1 is 1.28 bits per heavy atom. The maximum atomic E-state index is 13.4. The Morgan fingerprint density at radius 2 is 1.80 bits per heavy atom. The molecule has 0 atom stereocenters. The molecule has 5 rings (SSSR count). The highest BCUT2D eigenvalue weighted by Gasteiger charge is 2.55. The average Bonchev–Trinajstić information content (AvgIpc) is 2.52. The van der Waals surface area contributed by atoms with E-state index in [9.17, 15) is 20.0 Å². The molecule has 0 spiro atoms. The first-order chi connectivity index (χ1) is 11.8. The van der Waals surface area contributed by atoms with Crippen molar-refractivity contribution >= 4 is 5.91 Å². The van der Waals surface area contributed by atoms with Gasteiger partial charge in [0, 0.05) is 13.1 Å². The quantitative estimate of drug-likeness (QED) is 0.892. The lowest BCUT2D eigenvalue weighted by Gasteiger charge is -2.56. The van der Waals surface area contributed by atoms with Crippen molar-refractivity contribution in [2.24, 2.45) is 23.2 Å². The normalized spacial score (nSPS) is 32.4. The van der Waals surface area contributed by atoms with Crippen molar-refractivity contribution in [3.8, 4) is 11.9 Å². The highest BCUT2D eigenvalue weighted by Crippen LogP contribution is 2.60. The molecule has 0 saturated heterocycles. The molecule has 4 bridgehead atoms. The van der Waals surface area contributed by atoms with Crippen LogP contribution in [0.5, 0.6) is 5.88 Å². The number of carbonyl (C=O) groups excluding carboxylic acids is 1. The number of carbonyl (C=O) groups is 1. The van der Waals surface area contributed by atoms with Crippen LogP contribution in [-0.2, 0) is 4.79 Å². The zero-order valence-corrected chi connectivity index (χ0v) is 14.7. The number of aromatic nitrogens is 1. The van der Waals surface area contributed by atoms with Gasteiger partial charge in [0.05, 0.1) is 5.41 Å². The fourth-order valence-corrected chi connectivity index (χ4v) is 5.94. The molecule has 25 heavy (non-hydrogen) atoms. The van der Waals surface area contributed by atoms with E-state index in [0.29, 0.717) is 23.3 Å². The number of pyridine rings is 1. The second-order valence-electron chi connectivity index (χ2n) is 8.31. The van der Waals surface area contributed by atoms with Crippen molar-refractivity contribution < 1.29 is 9.90 Å². The molecule has 0 radical (unpaired) electrons. The van der Waals surface area contributed by atoms with Crippen LogP contribution >= 0.6 is 0 Å². The number of hydrogen-bond acceptors (Lipinski definition) is 4. The molecule has 1 N–H and O–H groups in total. The van der Waals surface area contributed by atoms with Crippen LogP contribution in [0.2, 0.25) is 0 Å². The molecule has 4 fully saturated rings. The second kappa shape index (κ2) is 5.35. The average molecular weight is 341 g/mol. The van der Waals surface area contributed by atoms with Gasteiger partial charge in [0.2, 0.25) is 11.8 Å². The molecule has 1 amide bonds. The highest BCUT2D eigenvalue weighted by molar-refractivity contribution is 5.91. The van der Waals surface area contributed by atoms with Crippen molar-refractivity contribution in [1.29, 1.82) is 5.26 Å². The summed E-state index contributed by atoms with van der Waals surface area (Å²) in [6, 6.07) is 3.21. The van der Waals surface area contributed by atoms with Crippen LogP contribution in [0, 0.1) is 41.4 Å². The van der Waals surface area contributed by atoms with Gasteiger partial charge in [-0.15, -0.1) is 0 Å². The van der Waals surface area contributed by atoms with Crippen LogP contribution in [0.1, 0.15) is 49.7 Å². The molecule has 1 aromatic rings. The number of aromatic hydroxyl groups is 1. The van der Waals surface area contributed by atoms with Crippen molar-refractivity contribution in [2.75, 3.05) is 12.1 Å². The summed E-state index contributed by atoms with van der Waals surface area (Å²) in [7, 11) is 1.53. The van der Waals surface area contributed by atoms with Crippen LogP contribution < -0.4 is 10.6 Å². The largest absolute Gasteiger partial charge is 0.492 e. The van der Waals surface area contributed by atoms with Gasteiger partial charge in [-0.1, -0.05) is 0 Å². The zero-order chi connectivity index (χ0) is 17.9. The fraction of sp³-hybridized carbons (Fsp3) is 0.632. The molecule has 0 aromatic carbocycles. The molecule has 0 aliphatic heterocycles. The number of hydrogen-bond donors (Lipinski definition) is 1. The van der Waals surface area contributed by atoms with E-state index in [1.807, 2.05) is 6.07 Å². The molecule has 4 saturated carbocycles. The van der Waals surface area contributed by atoms with Crippen LogP contribution in [-0.4, -0.2) is 22.7 Å². The third-order valence-corrected chi connectivity index (χ3v) is 6.56. The summed E-state index contributed by atoms with van der Waals surface area (Å²) < 4.78 is 0.951. The van der Waals surface area contributed by atoms with Crippen LogP contribution in [0.15, 0.2) is 10.9 Å². The molecule has 4 aliphatic carbocycles. The standard InChI is InChI=1S/C19H23N3O3/c1-11-3-16(23)22(17(24)15(11)10-20)21(2)18(25)19-7-12-4-13(8-19)6-14(5-12)9-19/h3,12-14,24H,4-9H2,1-2H3. The van der Waals surface area contributed by atoms with Crippen molar-refractivity contribution in [3.63, 3.8) is 0 Å². The molecule has 6 nitrogen and oxygen atoms in total. The van der Waals surface area contributed by atoms with E-state index < -0.39 is 16.9 Å². The number of nitriles is 1. The van der Waals surface area contributed by atoms with Crippen LogP contribution in [0.4, 0.5) is 0 Å². The molecule has 1 aromatic heterocycles. The van der Waals surface area contributed by atoms with E-state index in [4.69, 9.17) is 0 Å². The van der Waals surface area contributed by atoms with Crippen LogP contribution in [0.25, 0.3) is 0 Å². The third-order valence-electron chi connectivity index (χ3n) is 6.56. The Kier molecular flexibility index (Phi) is 3.47. The van der Waals surface area contributed by atoms with Crippen molar-refractivity contribution in [1.82, 2.24) is 4.68 Å². The highest BCUT2D eigenvalue weighted by atomic mass is 16.3. The number of nitrogens with zero attached hydrogens (tertiary/aromatic N) is 3. The Bertz CT molecular complexity index is 813. The third kappa shape index (κ3) is 2.29. The molecular weight excluding hydrogens is 318 g/mol. The van der Waals surface area contributed by atoms with Gasteiger partial charge in [-0.3, -0.25) is 9.59 Å². The topological polar surface area (TPSA) is 86.3 Å². The van der Waals surface area contributed by atoms with Crippen molar-refractivity contribution in [3.05, 3.63) is 27.5 Å². The van der Waals surface area contributed by atoms with E-state index in [2.05, 4.69) is 0 Å². The van der Waals surface area contributed by atoms with Gasteiger partial charge in [0.25, 0.3) is 5.56 Å². The summed E-state index contributed by atoms with van der Waals surface area (Å²) in [5.74, 6) is 1.29. The lowest BCUT2D eigenvalue weighted by molar-refractivity contribution is -0.144. The fourth-order valence-electron chi connectivity index (χ4n) is 5.94. The monoisotopic (exact) mass is 341 g/mol. The van der Waals surface area contributed by atoms with Gasteiger partial charge in [-0.25, -0.2) is 5.01 Å². The summed E-state index contributed by atoms with van der Waals surface area (Å²) in [6.07, 6.45) is 6.33. The molecule has 0 unspecified atom stereocenters. The van der Waals surface area contributed by atoms with E-state index in [1.165, 1.54) is 37.4 Å². The molecule has 4 aliphatic rings. The first-order valence-electron chi connectivity index (χ1n) is 8.99. The van der Waals surface area contributed by atoms with Gasteiger partial charge >= 0.3 is 0 Å². The summed E-state index contributed by atoms with van der Waals surface area (Å²) in [5.41, 5.74) is -0.455. The summed E-state index contributed by atoms with van der Waals surface area (Å²) >= 11 is 0. The first-order valence-corrected chi connectivity index (χ1v) is 8.99. The van der Waals surface area contributed by atoms with E-state index in [-0.39, 0.29) is 11.5 Å². The summed E-state index contributed by atoms with van der Waals surface area (Å²) in [5, 5.41) is 20.9. The smallest absolute Gasteiger partial charge is 0.272 e. The SMILES string of the molecule is Cc1cc(=O)n(N(C)C(=O)C23CC4CC(CC(C4)C2)C3)c(O)c1C#N. The lowest BCUT2D eigenvalue weighted by Crippen LogP contribution is -2.57. The van der Waals surface area contributed by atoms with Crippen LogP contribution in [0.3, 0.4) is 0 Å². The van der Waals surface area contributed by atoms with Gasteiger partial charge < -0.3 is 5.11 Å². The maximum absolute atomic E-state index is 13.4. The Labute approximate surface area is 146 Å². The van der Waals surface area contributed by atoms with Gasteiger partial charge in [-0.2, -0.15) is 9.94 Å². The minimum absolute atomic E-state index is 0.0322. The summed E-state index contributed by atoms with van der Waals surface area (Å²) in [6.45, 7) is 1.60. The van der Waals surface area contributed by atoms with E-state index in [1.54, 1.807) is 6.92 Å². The molecule has 6 heteroatoms. The lowest BCUT2D eigenvalue weighted by atomic mass is 9.49. The number of amides is 1. The predicted octanol–water partition coefficient (Wildman–Crippen LogP) is 2.04. The Hall–Kier alpha value is -2.29. The van der Waals surface area contributed by atoms with Gasteiger partial charge in [-0.05, 0) is 68.8 Å². The Morgan fingerprint density at radius 3 is 2.28 bits per heavy atom. The minimum Gasteiger partial charge on any atom is -0.492 e.